The molecule has 0 saturated carbocycles. The number of nitrogens with zero attached hydrogens (tertiary/aromatic N) is 1. The van der Waals surface area contributed by atoms with Gasteiger partial charge in [-0.05, 0) is 38.2 Å². The lowest BCUT2D eigenvalue weighted by Crippen LogP contribution is -2.49. The molecule has 1 rings (SSSR count). The molecule has 1 saturated heterocycles. The fourth-order valence-corrected chi connectivity index (χ4v) is 3.23. The second-order valence-electron chi connectivity index (χ2n) is 6.64. The lowest BCUT2D eigenvalue weighted by molar-refractivity contribution is -0.129. The third kappa shape index (κ3) is 3.11. The number of amides is 1. The van der Waals surface area contributed by atoms with Gasteiger partial charge in [0.05, 0.1) is 0 Å². The van der Waals surface area contributed by atoms with Crippen molar-refractivity contribution in [1.82, 2.24) is 4.90 Å². The minimum absolute atomic E-state index is 0.0635. The summed E-state index contributed by atoms with van der Waals surface area (Å²) in [7, 11) is 1.66. The quantitative estimate of drug-likeness (QED) is 0.267. The number of carbonyl (C=O) groups excluding carboxylic acids is 2. The van der Waals surface area contributed by atoms with Gasteiger partial charge in [-0.3, -0.25) is 9.59 Å². The summed E-state index contributed by atoms with van der Waals surface area (Å²) in [6.45, 7) is 9.54. The third-order valence-electron chi connectivity index (χ3n) is 4.42. The lowest BCUT2D eigenvalue weighted by Gasteiger charge is -2.36. The number of unbranched alkanes of at least 4 members (excludes halogenated alkanes) is 2. The number of likely N-dealkylation sites (N-methyl/N-ethyl adjacent to an activating group) is 1. The smallest absolute Gasteiger partial charge is 0.261 e. The van der Waals surface area contributed by atoms with E-state index in [-0.39, 0.29) is 28.9 Å². The first-order valence-corrected chi connectivity index (χ1v) is 8.10. The highest BCUT2D eigenvalue weighted by Gasteiger charge is 2.55. The number of rotatable bonds is 6. The second kappa shape index (κ2) is 7.12. The van der Waals surface area contributed by atoms with Crippen LogP contribution >= 0.6 is 0 Å². The van der Waals surface area contributed by atoms with Crippen molar-refractivity contribution < 1.29 is 14.7 Å². The molecule has 0 spiro atoms. The molecule has 1 aliphatic rings. The van der Waals surface area contributed by atoms with Gasteiger partial charge in [-0.15, -0.1) is 0 Å². The highest BCUT2D eigenvalue weighted by atomic mass is 16.3. The van der Waals surface area contributed by atoms with E-state index in [9.17, 15) is 14.7 Å². The van der Waals surface area contributed by atoms with E-state index >= 15 is 0 Å². The maximum Gasteiger partial charge on any atom is 0.261 e. The van der Waals surface area contributed by atoms with E-state index in [0.717, 1.165) is 24.8 Å². The molecule has 1 aliphatic heterocycles. The van der Waals surface area contributed by atoms with E-state index in [0.29, 0.717) is 6.42 Å². The SMILES string of the molecule is CCCCC=C(C)C1(CC(C)C)C(=O)C(=C(C)O)C(=O)N1C. The number of hydrogen-bond donors (Lipinski definition) is 1. The molecule has 1 N–H and O–H groups in total. The van der Waals surface area contributed by atoms with Crippen molar-refractivity contribution in [3.63, 3.8) is 0 Å². The van der Waals surface area contributed by atoms with E-state index in [1.165, 1.54) is 11.8 Å². The Labute approximate surface area is 133 Å². The van der Waals surface area contributed by atoms with Crippen LogP contribution in [0, 0.1) is 5.92 Å². The van der Waals surface area contributed by atoms with Crippen LogP contribution in [0.3, 0.4) is 0 Å². The average Bonchev–Trinajstić information content (AvgIpc) is 2.60. The highest BCUT2D eigenvalue weighted by Crippen LogP contribution is 2.41. The summed E-state index contributed by atoms with van der Waals surface area (Å²) in [4.78, 5) is 26.9. The molecule has 0 aromatic heterocycles. The van der Waals surface area contributed by atoms with Gasteiger partial charge in [0.1, 0.15) is 16.9 Å². The van der Waals surface area contributed by atoms with Gasteiger partial charge in [-0.25, -0.2) is 0 Å². The zero-order valence-corrected chi connectivity index (χ0v) is 14.7. The summed E-state index contributed by atoms with van der Waals surface area (Å²) in [6.07, 6.45) is 5.68. The Balaban J connectivity index is 3.40. The van der Waals surface area contributed by atoms with E-state index in [1.807, 2.05) is 20.8 Å². The highest BCUT2D eigenvalue weighted by molar-refractivity contribution is 6.29. The van der Waals surface area contributed by atoms with Crippen molar-refractivity contribution in [3.05, 3.63) is 23.0 Å². The number of Topliss-reactive ketones (excluding diaryl/α,β-unsaturated/α-hetero) is 1. The first-order valence-electron chi connectivity index (χ1n) is 8.10. The molecule has 0 aromatic carbocycles. The molecule has 4 heteroatoms. The topological polar surface area (TPSA) is 57.6 Å². The van der Waals surface area contributed by atoms with Gasteiger partial charge < -0.3 is 10.0 Å². The number of hydrogen-bond acceptors (Lipinski definition) is 3. The number of aliphatic hydroxyl groups is 1. The van der Waals surface area contributed by atoms with Crippen molar-refractivity contribution >= 4 is 11.7 Å². The molecule has 124 valence electrons. The standard InChI is InChI=1S/C18H29NO3/c1-7-8-9-10-13(4)18(11-12(2)3)16(21)15(14(5)20)17(22)19(18)6/h10,12,20H,7-9,11H2,1-6H3. The molecule has 22 heavy (non-hydrogen) atoms. The molecule has 0 radical (unpaired) electrons. The van der Waals surface area contributed by atoms with Gasteiger partial charge >= 0.3 is 0 Å². The average molecular weight is 307 g/mol. The summed E-state index contributed by atoms with van der Waals surface area (Å²) in [5, 5.41) is 9.76. The molecular formula is C18H29NO3. The number of ketones is 1. The summed E-state index contributed by atoms with van der Waals surface area (Å²) in [6, 6.07) is 0. The minimum atomic E-state index is -0.946. The van der Waals surface area contributed by atoms with Crippen LogP contribution in [0.15, 0.2) is 23.0 Å². The molecule has 1 heterocycles. The van der Waals surface area contributed by atoms with Crippen LogP contribution in [0.1, 0.15) is 60.3 Å². The summed E-state index contributed by atoms with van der Waals surface area (Å²) < 4.78 is 0. The fourth-order valence-electron chi connectivity index (χ4n) is 3.23. The normalized spacial score (nSPS) is 25.4. The fraction of sp³-hybridized carbons (Fsp3) is 0.667. The maximum atomic E-state index is 13.0. The van der Waals surface area contributed by atoms with Gasteiger partial charge in [0.15, 0.2) is 0 Å². The predicted molar refractivity (Wildman–Crippen MR) is 88.6 cm³/mol. The molecule has 0 aliphatic carbocycles. The Bertz CT molecular complexity index is 512. The van der Waals surface area contributed by atoms with Crippen LogP contribution in [0.5, 0.6) is 0 Å². The first-order chi connectivity index (χ1) is 10.2. The second-order valence-corrected chi connectivity index (χ2v) is 6.64. The van der Waals surface area contributed by atoms with Gasteiger partial charge in [-0.1, -0.05) is 39.7 Å². The van der Waals surface area contributed by atoms with Crippen LogP contribution in [-0.2, 0) is 9.59 Å². The number of likely N-dealkylation sites (tertiary alicyclic amines) is 1. The molecule has 4 nitrogen and oxygen atoms in total. The zero-order valence-electron chi connectivity index (χ0n) is 14.7. The van der Waals surface area contributed by atoms with Gasteiger partial charge in [-0.2, -0.15) is 0 Å². The summed E-state index contributed by atoms with van der Waals surface area (Å²) in [5.41, 5.74) is -0.101. The minimum Gasteiger partial charge on any atom is -0.512 e. The molecule has 1 fully saturated rings. The molecule has 1 amide bonds. The van der Waals surface area contributed by atoms with Gasteiger partial charge in [0.25, 0.3) is 5.91 Å². The van der Waals surface area contributed by atoms with Crippen LogP contribution in [0.25, 0.3) is 0 Å². The van der Waals surface area contributed by atoms with E-state index < -0.39 is 5.54 Å². The number of allylic oxidation sites excluding steroid dienone is 2. The van der Waals surface area contributed by atoms with Crippen molar-refractivity contribution in [1.29, 1.82) is 0 Å². The van der Waals surface area contributed by atoms with Gasteiger partial charge in [0.2, 0.25) is 5.78 Å². The molecule has 1 atom stereocenters. The van der Waals surface area contributed by atoms with Crippen molar-refractivity contribution in [3.8, 4) is 0 Å². The van der Waals surface area contributed by atoms with Crippen LogP contribution in [-0.4, -0.2) is 34.3 Å². The number of aliphatic hydroxyl groups excluding tert-OH is 1. The molecule has 0 bridgehead atoms. The Morgan fingerprint density at radius 1 is 1.32 bits per heavy atom. The Kier molecular flexibility index (Phi) is 5.98. The Morgan fingerprint density at radius 3 is 2.32 bits per heavy atom. The largest absolute Gasteiger partial charge is 0.512 e. The summed E-state index contributed by atoms with van der Waals surface area (Å²) >= 11 is 0. The third-order valence-corrected chi connectivity index (χ3v) is 4.42. The van der Waals surface area contributed by atoms with Crippen molar-refractivity contribution in [2.75, 3.05) is 7.05 Å². The van der Waals surface area contributed by atoms with E-state index in [4.69, 9.17) is 0 Å². The first kappa shape index (κ1) is 18.5. The number of carbonyl (C=O) groups is 2. The molecule has 1 unspecified atom stereocenters. The Morgan fingerprint density at radius 2 is 1.91 bits per heavy atom. The monoisotopic (exact) mass is 307 g/mol. The molecular weight excluding hydrogens is 278 g/mol. The van der Waals surface area contributed by atoms with Gasteiger partial charge in [0, 0.05) is 7.05 Å². The van der Waals surface area contributed by atoms with E-state index in [1.54, 1.807) is 7.05 Å². The predicted octanol–water partition coefficient (Wildman–Crippen LogP) is 3.78. The summed E-state index contributed by atoms with van der Waals surface area (Å²) in [5.74, 6) is -0.575. The van der Waals surface area contributed by atoms with Crippen LogP contribution in [0.4, 0.5) is 0 Å². The Hall–Kier alpha value is -1.58. The van der Waals surface area contributed by atoms with Crippen LogP contribution in [0.2, 0.25) is 0 Å². The van der Waals surface area contributed by atoms with Crippen molar-refractivity contribution in [2.24, 2.45) is 5.92 Å². The van der Waals surface area contributed by atoms with E-state index in [2.05, 4.69) is 13.0 Å². The maximum absolute atomic E-state index is 13.0. The van der Waals surface area contributed by atoms with Crippen molar-refractivity contribution in [2.45, 2.75) is 65.8 Å². The molecule has 0 aromatic rings. The lowest BCUT2D eigenvalue weighted by atomic mass is 9.78. The zero-order chi connectivity index (χ0) is 17.1. The van der Waals surface area contributed by atoms with Crippen LogP contribution < -0.4 is 0 Å².